The first-order valence-corrected chi connectivity index (χ1v) is 12.5. The molecule has 37 heavy (non-hydrogen) atoms. The molecule has 1 aliphatic rings. The van der Waals surface area contributed by atoms with Crippen molar-refractivity contribution in [3.8, 4) is 33.4 Å². The Morgan fingerprint density at radius 1 is 0.568 bits per heavy atom. The fourth-order valence-electron chi connectivity index (χ4n) is 5.77. The molecule has 0 spiro atoms. The Morgan fingerprint density at radius 2 is 1.19 bits per heavy atom. The zero-order valence-electron chi connectivity index (χ0n) is 21.1. The molecule has 0 unspecified atom stereocenters. The number of fused-ring (bicyclic) bond motifs is 3. The summed E-state index contributed by atoms with van der Waals surface area (Å²) in [7, 11) is 1.73. The van der Waals surface area contributed by atoms with E-state index >= 15 is 4.39 Å². The normalized spacial score (nSPS) is 13.2. The van der Waals surface area contributed by atoms with Gasteiger partial charge in [-0.05, 0) is 45.5 Å². The van der Waals surface area contributed by atoms with Crippen LogP contribution in [0.25, 0.3) is 33.4 Å². The van der Waals surface area contributed by atoms with Crippen LogP contribution in [-0.2, 0) is 5.41 Å². The average Bonchev–Trinajstić information content (AvgIpc) is 3.16. The van der Waals surface area contributed by atoms with Crippen LogP contribution in [0.3, 0.4) is 0 Å². The van der Waals surface area contributed by atoms with Gasteiger partial charge in [-0.25, -0.2) is 8.78 Å². The van der Waals surface area contributed by atoms with Gasteiger partial charge in [0, 0.05) is 23.6 Å². The van der Waals surface area contributed by atoms with Gasteiger partial charge in [-0.1, -0.05) is 111 Å². The minimum atomic E-state index is -0.398. The Balaban J connectivity index is 1.66. The highest BCUT2D eigenvalue weighted by molar-refractivity contribution is 5.97. The van der Waals surface area contributed by atoms with Crippen molar-refractivity contribution in [1.82, 2.24) is 0 Å². The zero-order valence-corrected chi connectivity index (χ0v) is 21.1. The van der Waals surface area contributed by atoms with Gasteiger partial charge in [-0.2, -0.15) is 0 Å². The zero-order chi connectivity index (χ0) is 25.7. The predicted molar refractivity (Wildman–Crippen MR) is 149 cm³/mol. The summed E-state index contributed by atoms with van der Waals surface area (Å²) in [6.45, 7) is 4.46. The van der Waals surface area contributed by atoms with Gasteiger partial charge in [0.15, 0.2) is 5.82 Å². The van der Waals surface area contributed by atoms with Gasteiger partial charge in [0.25, 0.3) is 0 Å². The van der Waals surface area contributed by atoms with Crippen LogP contribution < -0.4 is 4.90 Å². The van der Waals surface area contributed by atoms with Gasteiger partial charge in [-0.3, -0.25) is 0 Å². The van der Waals surface area contributed by atoms with E-state index < -0.39 is 5.82 Å². The van der Waals surface area contributed by atoms with E-state index in [1.54, 1.807) is 30.1 Å². The molecule has 1 aliphatic carbocycles. The second-order valence-corrected chi connectivity index (χ2v) is 10.1. The summed E-state index contributed by atoms with van der Waals surface area (Å²) >= 11 is 0. The molecule has 0 aromatic heterocycles. The fraction of sp³-hybridized carbons (Fsp3) is 0.118. The Bertz CT molecular complexity index is 1640. The van der Waals surface area contributed by atoms with Crippen molar-refractivity contribution >= 4 is 11.4 Å². The van der Waals surface area contributed by atoms with Gasteiger partial charge in [0.1, 0.15) is 5.82 Å². The molecule has 0 amide bonds. The summed E-state index contributed by atoms with van der Waals surface area (Å²) in [5.74, 6) is -0.775. The van der Waals surface area contributed by atoms with Crippen molar-refractivity contribution in [3.63, 3.8) is 0 Å². The second kappa shape index (κ2) is 8.70. The number of anilines is 2. The fourth-order valence-corrected chi connectivity index (χ4v) is 5.77. The number of para-hydroxylation sites is 1. The van der Waals surface area contributed by atoms with Gasteiger partial charge in [0.2, 0.25) is 0 Å². The van der Waals surface area contributed by atoms with Crippen molar-refractivity contribution in [1.29, 1.82) is 0 Å². The maximum Gasteiger partial charge on any atom is 0.155 e. The van der Waals surface area contributed by atoms with Crippen molar-refractivity contribution in [3.05, 3.63) is 132 Å². The molecule has 0 saturated carbocycles. The molecule has 1 nitrogen and oxygen atoms in total. The molecule has 6 rings (SSSR count). The molecule has 182 valence electrons. The molecule has 0 saturated heterocycles. The largest absolute Gasteiger partial charge is 0.339 e. The standard InChI is InChI=1S/C34H27F2N/c1-34(2)27-16-8-7-14-26(27)31-24(15-11-17-28(31)34)25-21-20-23(22-12-5-4-6-13-22)32(36)33(25)37(3)30-19-10-9-18-29(30)35/h4-21H,1-3H3. The topological polar surface area (TPSA) is 3.24 Å². The Hall–Kier alpha value is -4.24. The minimum absolute atomic E-state index is 0.179. The van der Waals surface area contributed by atoms with Crippen LogP contribution in [0, 0.1) is 11.6 Å². The van der Waals surface area contributed by atoms with Crippen LogP contribution in [0.15, 0.2) is 109 Å². The second-order valence-electron chi connectivity index (χ2n) is 10.1. The van der Waals surface area contributed by atoms with E-state index in [9.17, 15) is 4.39 Å². The maximum atomic E-state index is 16.6. The van der Waals surface area contributed by atoms with E-state index in [1.165, 1.54) is 17.2 Å². The first-order valence-electron chi connectivity index (χ1n) is 12.5. The third-order valence-corrected chi connectivity index (χ3v) is 7.65. The predicted octanol–water partition coefficient (Wildman–Crippen LogP) is 9.37. The van der Waals surface area contributed by atoms with Crippen LogP contribution in [-0.4, -0.2) is 7.05 Å². The van der Waals surface area contributed by atoms with Crippen LogP contribution in [0.1, 0.15) is 25.0 Å². The van der Waals surface area contributed by atoms with Gasteiger partial charge < -0.3 is 4.90 Å². The van der Waals surface area contributed by atoms with E-state index in [4.69, 9.17) is 0 Å². The number of hydrogen-bond donors (Lipinski definition) is 0. The van der Waals surface area contributed by atoms with Gasteiger partial charge in [-0.15, -0.1) is 0 Å². The Morgan fingerprint density at radius 3 is 1.97 bits per heavy atom. The molecule has 0 fully saturated rings. The van der Waals surface area contributed by atoms with E-state index in [0.717, 1.165) is 27.8 Å². The van der Waals surface area contributed by atoms with E-state index in [1.807, 2.05) is 60.7 Å². The monoisotopic (exact) mass is 487 g/mol. The smallest absolute Gasteiger partial charge is 0.155 e. The van der Waals surface area contributed by atoms with Gasteiger partial charge >= 0.3 is 0 Å². The summed E-state index contributed by atoms with van der Waals surface area (Å²) in [4.78, 5) is 1.64. The van der Waals surface area contributed by atoms with Gasteiger partial charge in [0.05, 0.1) is 11.4 Å². The summed E-state index contributed by atoms with van der Waals surface area (Å²) in [6, 6.07) is 34.5. The molecule has 0 aliphatic heterocycles. The van der Waals surface area contributed by atoms with Crippen LogP contribution in [0.2, 0.25) is 0 Å². The van der Waals surface area contributed by atoms with Crippen LogP contribution in [0.4, 0.5) is 20.2 Å². The minimum Gasteiger partial charge on any atom is -0.339 e. The molecule has 0 bridgehead atoms. The van der Waals surface area contributed by atoms with E-state index in [0.29, 0.717) is 16.9 Å². The molecule has 0 atom stereocenters. The Labute approximate surface area is 216 Å². The molecule has 3 heteroatoms. The summed E-state index contributed by atoms with van der Waals surface area (Å²) < 4.78 is 31.6. The molecule has 0 heterocycles. The number of benzene rings is 5. The molecule has 5 aromatic rings. The average molecular weight is 488 g/mol. The number of rotatable bonds is 4. The summed E-state index contributed by atoms with van der Waals surface area (Å²) in [5, 5.41) is 0. The first-order chi connectivity index (χ1) is 17.9. The third-order valence-electron chi connectivity index (χ3n) is 7.65. The van der Waals surface area contributed by atoms with E-state index in [-0.39, 0.29) is 11.2 Å². The van der Waals surface area contributed by atoms with Crippen LogP contribution >= 0.6 is 0 Å². The summed E-state index contributed by atoms with van der Waals surface area (Å²) in [5.41, 5.74) is 8.14. The third kappa shape index (κ3) is 3.57. The van der Waals surface area contributed by atoms with E-state index in [2.05, 4.69) is 38.1 Å². The molecule has 5 aromatic carbocycles. The lowest BCUT2D eigenvalue weighted by Crippen LogP contribution is -2.15. The van der Waals surface area contributed by atoms with Crippen molar-refractivity contribution in [2.75, 3.05) is 11.9 Å². The first kappa shape index (κ1) is 23.2. The quantitative estimate of drug-likeness (QED) is 0.244. The summed E-state index contributed by atoms with van der Waals surface area (Å²) in [6.07, 6.45) is 0. The number of nitrogens with zero attached hydrogens (tertiary/aromatic N) is 1. The van der Waals surface area contributed by atoms with Crippen molar-refractivity contribution in [2.24, 2.45) is 0 Å². The SMILES string of the molecule is CN(c1ccccc1F)c1c(-c2cccc3c2-c2ccccc2C3(C)C)ccc(-c2ccccc2)c1F. The molecular formula is C34H27F2N. The molecular weight excluding hydrogens is 460 g/mol. The number of halogens is 2. The highest BCUT2D eigenvalue weighted by Crippen LogP contribution is 2.53. The molecule has 0 radical (unpaired) electrons. The van der Waals surface area contributed by atoms with Crippen molar-refractivity contribution < 1.29 is 8.78 Å². The highest BCUT2D eigenvalue weighted by atomic mass is 19.1. The Kier molecular flexibility index (Phi) is 5.45. The molecule has 0 N–H and O–H groups in total. The highest BCUT2D eigenvalue weighted by Gasteiger charge is 2.37. The lowest BCUT2D eigenvalue weighted by atomic mass is 9.82. The maximum absolute atomic E-state index is 16.6. The lowest BCUT2D eigenvalue weighted by Gasteiger charge is -2.26. The van der Waals surface area contributed by atoms with Crippen LogP contribution in [0.5, 0.6) is 0 Å². The number of hydrogen-bond acceptors (Lipinski definition) is 1. The lowest BCUT2D eigenvalue weighted by molar-refractivity contribution is 0.619. The van der Waals surface area contributed by atoms with Crippen molar-refractivity contribution in [2.45, 2.75) is 19.3 Å².